The second-order valence-electron chi connectivity index (χ2n) is 4.13. The average molecular weight is 287 g/mol. The zero-order valence-corrected chi connectivity index (χ0v) is 10.8. The molecule has 1 saturated heterocycles. The summed E-state index contributed by atoms with van der Waals surface area (Å²) < 4.78 is 5.22. The Kier molecular flexibility index (Phi) is 4.27. The standard InChI is InChI=1S/C10H13N3O5S/c14-9(15)6-18-7-1-3-12(4-2-7)10-11-5-8(19-10)13(16)17/h5,7H,1-4,6H2,(H,14,15). The quantitative estimate of drug-likeness (QED) is 0.639. The number of ether oxygens (including phenoxy) is 1. The van der Waals surface area contributed by atoms with Crippen LogP contribution in [0.2, 0.25) is 0 Å². The van der Waals surface area contributed by atoms with Gasteiger partial charge in [-0.2, -0.15) is 0 Å². The van der Waals surface area contributed by atoms with Crippen molar-refractivity contribution in [2.75, 3.05) is 24.6 Å². The lowest BCUT2D eigenvalue weighted by Crippen LogP contribution is -2.37. The Morgan fingerprint density at radius 1 is 1.63 bits per heavy atom. The maximum absolute atomic E-state index is 10.6. The van der Waals surface area contributed by atoms with Gasteiger partial charge in [0, 0.05) is 13.1 Å². The van der Waals surface area contributed by atoms with Gasteiger partial charge in [-0.25, -0.2) is 9.78 Å². The molecule has 0 amide bonds. The van der Waals surface area contributed by atoms with Crippen LogP contribution in [0.4, 0.5) is 10.1 Å². The molecule has 0 bridgehead atoms. The SMILES string of the molecule is O=C(O)COC1CCN(c2ncc([N+](=O)[O-])s2)CC1. The molecule has 8 nitrogen and oxygen atoms in total. The molecule has 1 aliphatic rings. The molecule has 1 aromatic rings. The van der Waals surface area contributed by atoms with Crippen LogP contribution in [0.1, 0.15) is 12.8 Å². The monoisotopic (exact) mass is 287 g/mol. The highest BCUT2D eigenvalue weighted by Gasteiger charge is 2.23. The van der Waals surface area contributed by atoms with E-state index in [0.717, 1.165) is 11.3 Å². The van der Waals surface area contributed by atoms with Gasteiger partial charge in [-0.15, -0.1) is 0 Å². The van der Waals surface area contributed by atoms with Crippen molar-refractivity contribution in [3.8, 4) is 0 Å². The van der Waals surface area contributed by atoms with Gasteiger partial charge in [-0.1, -0.05) is 0 Å². The number of nitrogens with zero attached hydrogens (tertiary/aromatic N) is 3. The van der Waals surface area contributed by atoms with E-state index in [9.17, 15) is 14.9 Å². The summed E-state index contributed by atoms with van der Waals surface area (Å²) in [7, 11) is 0. The summed E-state index contributed by atoms with van der Waals surface area (Å²) in [6.45, 7) is 1.04. The van der Waals surface area contributed by atoms with Crippen LogP contribution in [0.5, 0.6) is 0 Å². The summed E-state index contributed by atoms with van der Waals surface area (Å²) in [4.78, 5) is 26.5. The number of carbonyl (C=O) groups is 1. The number of thiazole rings is 1. The van der Waals surface area contributed by atoms with Gasteiger partial charge in [-0.05, 0) is 24.2 Å². The van der Waals surface area contributed by atoms with E-state index in [0.29, 0.717) is 31.1 Å². The normalized spacial score (nSPS) is 16.5. The first kappa shape index (κ1) is 13.7. The third-order valence-electron chi connectivity index (χ3n) is 2.82. The zero-order valence-electron chi connectivity index (χ0n) is 10.0. The number of piperidine rings is 1. The Morgan fingerprint density at radius 3 is 2.84 bits per heavy atom. The van der Waals surface area contributed by atoms with Crippen molar-refractivity contribution in [1.82, 2.24) is 4.98 Å². The van der Waals surface area contributed by atoms with Gasteiger partial charge in [0.05, 0.1) is 11.0 Å². The molecule has 1 aromatic heterocycles. The fraction of sp³-hybridized carbons (Fsp3) is 0.600. The molecular formula is C10H13N3O5S. The first-order valence-electron chi connectivity index (χ1n) is 5.75. The highest BCUT2D eigenvalue weighted by molar-refractivity contribution is 7.18. The largest absolute Gasteiger partial charge is 0.480 e. The molecular weight excluding hydrogens is 274 g/mol. The van der Waals surface area contributed by atoms with Gasteiger partial charge >= 0.3 is 11.0 Å². The summed E-state index contributed by atoms with van der Waals surface area (Å²) in [5.74, 6) is -0.974. The van der Waals surface area contributed by atoms with Gasteiger partial charge in [0.15, 0.2) is 5.13 Å². The lowest BCUT2D eigenvalue weighted by molar-refractivity contribution is -0.380. The highest BCUT2D eigenvalue weighted by Crippen LogP contribution is 2.30. The van der Waals surface area contributed by atoms with E-state index in [4.69, 9.17) is 9.84 Å². The zero-order chi connectivity index (χ0) is 13.8. The number of aliphatic carboxylic acids is 1. The fourth-order valence-corrected chi connectivity index (χ4v) is 2.67. The van der Waals surface area contributed by atoms with Crippen LogP contribution in [0, 0.1) is 10.1 Å². The molecule has 0 aromatic carbocycles. The minimum Gasteiger partial charge on any atom is -0.480 e. The van der Waals surface area contributed by atoms with Crippen LogP contribution in [0.3, 0.4) is 0 Å². The van der Waals surface area contributed by atoms with E-state index in [2.05, 4.69) is 4.98 Å². The van der Waals surface area contributed by atoms with Gasteiger partial charge in [0.1, 0.15) is 12.8 Å². The summed E-state index contributed by atoms with van der Waals surface area (Å²) in [5.41, 5.74) is 0. The second kappa shape index (κ2) is 5.93. The molecule has 2 heterocycles. The van der Waals surface area contributed by atoms with Crippen LogP contribution < -0.4 is 4.90 Å². The second-order valence-corrected chi connectivity index (χ2v) is 5.12. The van der Waals surface area contributed by atoms with Crippen molar-refractivity contribution in [2.24, 2.45) is 0 Å². The third-order valence-corrected chi connectivity index (χ3v) is 3.83. The number of carboxylic acids is 1. The molecule has 1 fully saturated rings. The molecule has 0 aliphatic carbocycles. The lowest BCUT2D eigenvalue weighted by atomic mass is 10.1. The van der Waals surface area contributed by atoms with Gasteiger partial charge in [0.2, 0.25) is 0 Å². The molecule has 0 unspecified atom stereocenters. The van der Waals surface area contributed by atoms with Crippen LogP contribution >= 0.6 is 11.3 Å². The number of rotatable bonds is 5. The molecule has 19 heavy (non-hydrogen) atoms. The maximum atomic E-state index is 10.6. The Hall–Kier alpha value is -1.74. The van der Waals surface area contributed by atoms with E-state index >= 15 is 0 Å². The van der Waals surface area contributed by atoms with Gasteiger partial charge in [0.25, 0.3) is 0 Å². The molecule has 9 heteroatoms. The first-order valence-corrected chi connectivity index (χ1v) is 6.56. The topological polar surface area (TPSA) is 106 Å². The summed E-state index contributed by atoms with van der Waals surface area (Å²) >= 11 is 1.05. The first-order chi connectivity index (χ1) is 9.06. The summed E-state index contributed by atoms with van der Waals surface area (Å²) in [6, 6.07) is 0. The van der Waals surface area contributed by atoms with Crippen molar-refractivity contribution >= 4 is 27.4 Å². The van der Waals surface area contributed by atoms with Gasteiger partial charge < -0.3 is 14.7 Å². The molecule has 1 N–H and O–H groups in total. The van der Waals surface area contributed by atoms with Crippen LogP contribution in [0.25, 0.3) is 0 Å². The van der Waals surface area contributed by atoms with Crippen LogP contribution in [0.15, 0.2) is 6.20 Å². The van der Waals surface area contributed by atoms with E-state index in [1.54, 1.807) is 0 Å². The minimum atomic E-state index is -0.974. The number of nitro groups is 1. The third kappa shape index (κ3) is 3.61. The Balaban J connectivity index is 1.85. The van der Waals surface area contributed by atoms with Crippen molar-refractivity contribution in [3.63, 3.8) is 0 Å². The number of hydrogen-bond donors (Lipinski definition) is 1. The number of carboxylic acid groups (broad SMARTS) is 1. The van der Waals surface area contributed by atoms with Crippen LogP contribution in [-0.4, -0.2) is 46.8 Å². The van der Waals surface area contributed by atoms with Crippen molar-refractivity contribution in [1.29, 1.82) is 0 Å². The van der Waals surface area contributed by atoms with Crippen molar-refractivity contribution in [3.05, 3.63) is 16.3 Å². The number of hydrogen-bond acceptors (Lipinski definition) is 7. The molecule has 0 radical (unpaired) electrons. The number of aromatic nitrogens is 1. The highest BCUT2D eigenvalue weighted by atomic mass is 32.1. The molecule has 0 saturated carbocycles. The number of anilines is 1. The Morgan fingerprint density at radius 2 is 2.32 bits per heavy atom. The van der Waals surface area contributed by atoms with Crippen molar-refractivity contribution < 1.29 is 19.6 Å². The maximum Gasteiger partial charge on any atom is 0.345 e. The summed E-state index contributed by atoms with van der Waals surface area (Å²) in [5, 5.41) is 19.8. The van der Waals surface area contributed by atoms with Crippen molar-refractivity contribution in [2.45, 2.75) is 18.9 Å². The van der Waals surface area contributed by atoms with E-state index in [-0.39, 0.29) is 17.7 Å². The predicted octanol–water partition coefficient (Wildman–Crippen LogP) is 1.12. The molecule has 1 aliphatic heterocycles. The lowest BCUT2D eigenvalue weighted by Gasteiger charge is -2.31. The molecule has 104 valence electrons. The molecule has 2 rings (SSSR count). The molecule has 0 atom stereocenters. The van der Waals surface area contributed by atoms with E-state index in [1.807, 2.05) is 4.90 Å². The van der Waals surface area contributed by atoms with Crippen LogP contribution in [-0.2, 0) is 9.53 Å². The van der Waals surface area contributed by atoms with Gasteiger partial charge in [-0.3, -0.25) is 10.1 Å². The Labute approximate surface area is 112 Å². The summed E-state index contributed by atoms with van der Waals surface area (Å²) in [6.07, 6.45) is 2.58. The smallest absolute Gasteiger partial charge is 0.345 e. The minimum absolute atomic E-state index is 0.0271. The van der Waals surface area contributed by atoms with E-state index in [1.165, 1.54) is 6.20 Å². The van der Waals surface area contributed by atoms with E-state index < -0.39 is 10.9 Å². The average Bonchev–Trinajstić information content (AvgIpc) is 2.86. The Bertz CT molecular complexity index is 469. The predicted molar refractivity (Wildman–Crippen MR) is 67.6 cm³/mol. The molecule has 0 spiro atoms. The fourth-order valence-electron chi connectivity index (χ4n) is 1.89.